The summed E-state index contributed by atoms with van der Waals surface area (Å²) in [5.74, 6) is -0.349. The molecule has 0 aliphatic carbocycles. The van der Waals surface area contributed by atoms with Crippen molar-refractivity contribution >= 4 is 5.91 Å². The van der Waals surface area contributed by atoms with Crippen LogP contribution >= 0.6 is 0 Å². The van der Waals surface area contributed by atoms with Gasteiger partial charge in [-0.2, -0.15) is 5.10 Å². The largest absolute Gasteiger partial charge is 0.392 e. The van der Waals surface area contributed by atoms with E-state index >= 15 is 0 Å². The number of rotatable bonds is 4. The van der Waals surface area contributed by atoms with Crippen LogP contribution in [0, 0.1) is 19.8 Å². The van der Waals surface area contributed by atoms with E-state index in [2.05, 4.69) is 16.1 Å². The predicted octanol–water partition coefficient (Wildman–Crippen LogP) is 1.76. The Labute approximate surface area is 155 Å². The Kier molecular flexibility index (Phi) is 5.44. The van der Waals surface area contributed by atoms with E-state index < -0.39 is 6.10 Å². The van der Waals surface area contributed by atoms with E-state index in [9.17, 15) is 9.90 Å². The van der Waals surface area contributed by atoms with Crippen LogP contribution in [-0.4, -0.2) is 63.9 Å². The van der Waals surface area contributed by atoms with Crippen LogP contribution in [0.15, 0.2) is 30.3 Å². The average Bonchev–Trinajstić information content (AvgIpc) is 2.95. The molecule has 0 unspecified atom stereocenters. The minimum atomic E-state index is -0.554. The number of piperidine rings is 1. The molecule has 1 saturated heterocycles. The lowest BCUT2D eigenvalue weighted by Gasteiger charge is -2.35. The third kappa shape index (κ3) is 3.97. The highest BCUT2D eigenvalue weighted by Gasteiger charge is 2.33. The van der Waals surface area contributed by atoms with Gasteiger partial charge in [0.25, 0.3) is 0 Å². The quantitative estimate of drug-likeness (QED) is 0.907. The number of carbonyl (C=O) groups is 1. The van der Waals surface area contributed by atoms with Gasteiger partial charge in [-0.15, -0.1) is 0 Å². The number of likely N-dealkylation sites (tertiary alicyclic amines) is 1. The molecule has 1 fully saturated rings. The lowest BCUT2D eigenvalue weighted by Crippen LogP contribution is -2.48. The molecule has 6 heteroatoms. The minimum absolute atomic E-state index is 0.000525. The second-order valence-electron chi connectivity index (χ2n) is 7.43. The first-order valence-electron chi connectivity index (χ1n) is 9.09. The summed E-state index contributed by atoms with van der Waals surface area (Å²) in [7, 11) is 3.80. The molecule has 1 aliphatic heterocycles. The van der Waals surface area contributed by atoms with E-state index in [1.807, 2.05) is 49.8 Å². The number of hydrogen-bond donors (Lipinski definition) is 1. The number of aliphatic hydroxyl groups is 1. The summed E-state index contributed by atoms with van der Waals surface area (Å²) < 4.78 is 1.92. The maximum absolute atomic E-state index is 12.8. The number of aryl methyl sites for hydroxylation is 2. The molecule has 0 saturated carbocycles. The standard InChI is InChI=1S/C20H28N4O2/c1-14-10-15(2)24(21-14)17-7-5-6-16(11-17)12-23(4)20(26)18-13-22(3)9-8-19(18)25/h5-7,10-11,18-19,25H,8-9,12-13H2,1-4H3/t18-,19+/m1/s1. The van der Waals surface area contributed by atoms with Gasteiger partial charge in [-0.3, -0.25) is 4.79 Å². The van der Waals surface area contributed by atoms with Crippen LogP contribution in [0.1, 0.15) is 23.4 Å². The fraction of sp³-hybridized carbons (Fsp3) is 0.500. The molecule has 0 bridgehead atoms. The molecule has 140 valence electrons. The molecule has 2 heterocycles. The third-order valence-electron chi connectivity index (χ3n) is 5.06. The molecule has 3 rings (SSSR count). The Morgan fingerprint density at radius 2 is 2.12 bits per heavy atom. The van der Waals surface area contributed by atoms with Gasteiger partial charge in [0.2, 0.25) is 5.91 Å². The zero-order valence-corrected chi connectivity index (χ0v) is 16.0. The zero-order valence-electron chi connectivity index (χ0n) is 16.0. The third-order valence-corrected chi connectivity index (χ3v) is 5.06. The van der Waals surface area contributed by atoms with Gasteiger partial charge in [-0.25, -0.2) is 4.68 Å². The Hall–Kier alpha value is -2.18. The molecule has 1 aromatic carbocycles. The number of aromatic nitrogens is 2. The van der Waals surface area contributed by atoms with E-state index in [0.717, 1.165) is 29.2 Å². The molecule has 1 aromatic heterocycles. The van der Waals surface area contributed by atoms with E-state index in [0.29, 0.717) is 19.5 Å². The highest BCUT2D eigenvalue weighted by atomic mass is 16.3. The number of nitrogens with zero attached hydrogens (tertiary/aromatic N) is 4. The molecule has 1 aliphatic rings. The summed E-state index contributed by atoms with van der Waals surface area (Å²) in [6, 6.07) is 10.1. The number of amides is 1. The number of aliphatic hydroxyl groups excluding tert-OH is 1. The monoisotopic (exact) mass is 356 g/mol. The van der Waals surface area contributed by atoms with Crippen molar-refractivity contribution in [2.24, 2.45) is 5.92 Å². The van der Waals surface area contributed by atoms with E-state index in [-0.39, 0.29) is 11.8 Å². The van der Waals surface area contributed by atoms with E-state index in [1.165, 1.54) is 0 Å². The molecular formula is C20H28N4O2. The van der Waals surface area contributed by atoms with Crippen molar-refractivity contribution in [3.05, 3.63) is 47.3 Å². The van der Waals surface area contributed by atoms with Crippen LogP contribution in [0.5, 0.6) is 0 Å². The molecule has 26 heavy (non-hydrogen) atoms. The Morgan fingerprint density at radius 1 is 1.35 bits per heavy atom. The first kappa shape index (κ1) is 18.6. The van der Waals surface area contributed by atoms with Gasteiger partial charge in [0.05, 0.1) is 23.4 Å². The highest BCUT2D eigenvalue weighted by Crippen LogP contribution is 2.20. The van der Waals surface area contributed by atoms with Crippen LogP contribution in [0.3, 0.4) is 0 Å². The van der Waals surface area contributed by atoms with Crippen molar-refractivity contribution in [2.45, 2.75) is 32.9 Å². The molecule has 1 N–H and O–H groups in total. The van der Waals surface area contributed by atoms with Crippen molar-refractivity contribution < 1.29 is 9.90 Å². The minimum Gasteiger partial charge on any atom is -0.392 e. The smallest absolute Gasteiger partial charge is 0.229 e. The lowest BCUT2D eigenvalue weighted by molar-refractivity contribution is -0.141. The van der Waals surface area contributed by atoms with Crippen LogP contribution in [-0.2, 0) is 11.3 Å². The maximum atomic E-state index is 12.8. The van der Waals surface area contributed by atoms with Gasteiger partial charge in [0.1, 0.15) is 0 Å². The Morgan fingerprint density at radius 3 is 2.81 bits per heavy atom. The van der Waals surface area contributed by atoms with Gasteiger partial charge in [0.15, 0.2) is 0 Å². The van der Waals surface area contributed by atoms with E-state index in [1.54, 1.807) is 11.9 Å². The second kappa shape index (κ2) is 7.60. The molecule has 0 radical (unpaired) electrons. The van der Waals surface area contributed by atoms with Gasteiger partial charge < -0.3 is 14.9 Å². The first-order chi connectivity index (χ1) is 12.3. The number of carbonyl (C=O) groups excluding carboxylic acids is 1. The van der Waals surface area contributed by atoms with Crippen molar-refractivity contribution in [1.29, 1.82) is 0 Å². The summed E-state index contributed by atoms with van der Waals surface area (Å²) in [4.78, 5) is 16.6. The molecule has 1 amide bonds. The lowest BCUT2D eigenvalue weighted by atomic mass is 9.93. The SMILES string of the molecule is Cc1cc(C)n(-c2cccc(CN(C)C(=O)[C@@H]3CN(C)CC[C@@H]3O)c2)n1. The Balaban J connectivity index is 1.73. The van der Waals surface area contributed by atoms with E-state index in [4.69, 9.17) is 0 Å². The average molecular weight is 356 g/mol. The van der Waals surface area contributed by atoms with Crippen LogP contribution in [0.2, 0.25) is 0 Å². The van der Waals surface area contributed by atoms with Crippen molar-refractivity contribution in [3.8, 4) is 5.69 Å². The molecule has 6 nitrogen and oxygen atoms in total. The van der Waals surface area contributed by atoms with Crippen molar-refractivity contribution in [2.75, 3.05) is 27.2 Å². The zero-order chi connectivity index (χ0) is 18.8. The predicted molar refractivity (Wildman–Crippen MR) is 101 cm³/mol. The Bertz CT molecular complexity index is 786. The maximum Gasteiger partial charge on any atom is 0.229 e. The molecular weight excluding hydrogens is 328 g/mol. The summed E-state index contributed by atoms with van der Waals surface area (Å²) in [6.45, 7) is 5.96. The van der Waals surface area contributed by atoms with Gasteiger partial charge >= 0.3 is 0 Å². The molecule has 2 aromatic rings. The summed E-state index contributed by atoms with van der Waals surface area (Å²) in [6.07, 6.45) is 0.0934. The molecule has 2 atom stereocenters. The van der Waals surface area contributed by atoms with Crippen molar-refractivity contribution in [3.63, 3.8) is 0 Å². The summed E-state index contributed by atoms with van der Waals surface area (Å²) in [5, 5.41) is 14.7. The summed E-state index contributed by atoms with van der Waals surface area (Å²) in [5.41, 5.74) is 4.10. The first-order valence-corrected chi connectivity index (χ1v) is 9.09. The number of hydrogen-bond acceptors (Lipinski definition) is 4. The normalized spacial score (nSPS) is 21.0. The molecule has 0 spiro atoms. The summed E-state index contributed by atoms with van der Waals surface area (Å²) >= 11 is 0. The van der Waals surface area contributed by atoms with Crippen LogP contribution < -0.4 is 0 Å². The van der Waals surface area contributed by atoms with Gasteiger partial charge in [-0.1, -0.05) is 12.1 Å². The topological polar surface area (TPSA) is 61.6 Å². The van der Waals surface area contributed by atoms with Crippen molar-refractivity contribution in [1.82, 2.24) is 19.6 Å². The van der Waals surface area contributed by atoms with Gasteiger partial charge in [0, 0.05) is 32.4 Å². The fourth-order valence-electron chi connectivity index (χ4n) is 3.66. The van der Waals surface area contributed by atoms with Crippen LogP contribution in [0.4, 0.5) is 0 Å². The fourth-order valence-corrected chi connectivity index (χ4v) is 3.66. The highest BCUT2D eigenvalue weighted by molar-refractivity contribution is 5.79. The van der Waals surface area contributed by atoms with Gasteiger partial charge in [-0.05, 0) is 51.1 Å². The van der Waals surface area contributed by atoms with Crippen LogP contribution in [0.25, 0.3) is 5.69 Å². The second-order valence-corrected chi connectivity index (χ2v) is 7.43. The number of benzene rings is 1.